The summed E-state index contributed by atoms with van der Waals surface area (Å²) < 4.78 is 5.35. The van der Waals surface area contributed by atoms with E-state index in [9.17, 15) is 9.59 Å². The fourth-order valence-electron chi connectivity index (χ4n) is 2.00. The number of furan rings is 1. The van der Waals surface area contributed by atoms with E-state index in [-0.39, 0.29) is 17.4 Å². The zero-order valence-electron chi connectivity index (χ0n) is 12.2. The molecule has 6 heteroatoms. The van der Waals surface area contributed by atoms with Crippen molar-refractivity contribution in [1.29, 1.82) is 0 Å². The molecule has 1 aliphatic heterocycles. The van der Waals surface area contributed by atoms with E-state index in [0.29, 0.717) is 23.2 Å². The average Bonchev–Trinajstić information content (AvgIpc) is 2.93. The van der Waals surface area contributed by atoms with Crippen LogP contribution in [0.4, 0.5) is 0 Å². The van der Waals surface area contributed by atoms with Crippen LogP contribution in [0.25, 0.3) is 0 Å². The molecule has 1 fully saturated rings. The number of amides is 2. The van der Waals surface area contributed by atoms with Gasteiger partial charge in [0.05, 0.1) is 5.88 Å². The molecule has 1 aromatic heterocycles. The molecule has 2 amide bonds. The molecule has 2 heterocycles. The van der Waals surface area contributed by atoms with Crippen LogP contribution in [0.3, 0.4) is 0 Å². The maximum absolute atomic E-state index is 12.4. The summed E-state index contributed by atoms with van der Waals surface area (Å²) in [5.41, 5.74) is -0.305. The molecule has 5 nitrogen and oxygen atoms in total. The van der Waals surface area contributed by atoms with E-state index < -0.39 is 6.04 Å². The lowest BCUT2D eigenvalue weighted by Gasteiger charge is -2.27. The van der Waals surface area contributed by atoms with Gasteiger partial charge in [-0.25, -0.2) is 0 Å². The summed E-state index contributed by atoms with van der Waals surface area (Å²) in [7, 11) is 0. The largest absolute Gasteiger partial charge is 0.456 e. The quantitative estimate of drug-likeness (QED) is 0.907. The molecule has 0 saturated carbocycles. The lowest BCUT2D eigenvalue weighted by atomic mass is 10.1. The maximum Gasteiger partial charge on any atom is 0.290 e. The minimum Gasteiger partial charge on any atom is -0.456 e. The van der Waals surface area contributed by atoms with E-state index in [1.807, 2.05) is 20.8 Å². The summed E-state index contributed by atoms with van der Waals surface area (Å²) in [5.74, 6) is 1.78. The Morgan fingerprint density at radius 3 is 2.65 bits per heavy atom. The third-order valence-corrected chi connectivity index (χ3v) is 3.91. The molecular formula is C14H20N2O3S. The SMILES string of the molecule is Cc1ccc(C(=O)N2CSC[C@H]2C(=O)NC(C)(C)C)o1. The van der Waals surface area contributed by atoms with E-state index in [1.54, 1.807) is 35.7 Å². The van der Waals surface area contributed by atoms with Crippen LogP contribution in [0.5, 0.6) is 0 Å². The van der Waals surface area contributed by atoms with Crippen molar-refractivity contribution in [2.24, 2.45) is 0 Å². The summed E-state index contributed by atoms with van der Waals surface area (Å²) in [6.07, 6.45) is 0. The first-order valence-electron chi connectivity index (χ1n) is 6.55. The smallest absolute Gasteiger partial charge is 0.290 e. The van der Waals surface area contributed by atoms with Crippen LogP contribution in [-0.2, 0) is 4.79 Å². The molecule has 0 spiro atoms. The number of hydrogen-bond donors (Lipinski definition) is 1. The second-order valence-electron chi connectivity index (χ2n) is 5.94. The van der Waals surface area contributed by atoms with Crippen LogP contribution in [0.2, 0.25) is 0 Å². The number of carbonyl (C=O) groups is 2. The predicted octanol–water partition coefficient (Wildman–Crippen LogP) is 2.02. The lowest BCUT2D eigenvalue weighted by Crippen LogP contribution is -2.52. The number of nitrogens with zero attached hydrogens (tertiary/aromatic N) is 1. The Hall–Kier alpha value is -1.43. The molecule has 1 aromatic rings. The molecular weight excluding hydrogens is 276 g/mol. The van der Waals surface area contributed by atoms with Gasteiger partial charge in [-0.1, -0.05) is 0 Å². The zero-order valence-corrected chi connectivity index (χ0v) is 13.0. The van der Waals surface area contributed by atoms with Gasteiger partial charge in [-0.05, 0) is 39.8 Å². The van der Waals surface area contributed by atoms with E-state index in [1.165, 1.54) is 0 Å². The molecule has 1 atom stereocenters. The van der Waals surface area contributed by atoms with Gasteiger partial charge in [0.25, 0.3) is 5.91 Å². The van der Waals surface area contributed by atoms with Gasteiger partial charge in [-0.3, -0.25) is 9.59 Å². The highest BCUT2D eigenvalue weighted by atomic mass is 32.2. The fourth-order valence-corrected chi connectivity index (χ4v) is 3.16. The van der Waals surface area contributed by atoms with Crippen molar-refractivity contribution in [3.63, 3.8) is 0 Å². The first-order chi connectivity index (χ1) is 9.28. The molecule has 0 bridgehead atoms. The Morgan fingerprint density at radius 2 is 2.10 bits per heavy atom. The number of thioether (sulfide) groups is 1. The molecule has 110 valence electrons. The molecule has 0 aliphatic carbocycles. The molecule has 2 rings (SSSR count). The average molecular weight is 296 g/mol. The Kier molecular flexibility index (Phi) is 4.13. The molecule has 0 aromatic carbocycles. The summed E-state index contributed by atoms with van der Waals surface area (Å²) >= 11 is 1.58. The number of nitrogens with one attached hydrogen (secondary N) is 1. The van der Waals surface area contributed by atoms with Gasteiger partial charge < -0.3 is 14.6 Å². The van der Waals surface area contributed by atoms with E-state index in [2.05, 4.69) is 5.32 Å². The molecule has 20 heavy (non-hydrogen) atoms. The molecule has 1 saturated heterocycles. The van der Waals surface area contributed by atoms with Crippen LogP contribution in [-0.4, -0.2) is 39.9 Å². The summed E-state index contributed by atoms with van der Waals surface area (Å²) in [6.45, 7) is 7.57. The summed E-state index contributed by atoms with van der Waals surface area (Å²) in [6, 6.07) is 2.97. The Bertz CT molecular complexity index is 519. The maximum atomic E-state index is 12.4. The molecule has 0 unspecified atom stereocenters. The van der Waals surface area contributed by atoms with E-state index in [4.69, 9.17) is 4.42 Å². The van der Waals surface area contributed by atoms with Crippen LogP contribution in [0.15, 0.2) is 16.5 Å². The zero-order chi connectivity index (χ0) is 14.9. The van der Waals surface area contributed by atoms with E-state index in [0.717, 1.165) is 0 Å². The molecule has 1 aliphatic rings. The van der Waals surface area contributed by atoms with Gasteiger partial charge in [0, 0.05) is 11.3 Å². The van der Waals surface area contributed by atoms with E-state index >= 15 is 0 Å². The number of carbonyl (C=O) groups excluding carboxylic acids is 2. The predicted molar refractivity (Wildman–Crippen MR) is 78.6 cm³/mol. The van der Waals surface area contributed by atoms with Crippen molar-refractivity contribution in [3.8, 4) is 0 Å². The lowest BCUT2D eigenvalue weighted by molar-refractivity contribution is -0.125. The Labute approximate surface area is 123 Å². The summed E-state index contributed by atoms with van der Waals surface area (Å²) in [5, 5.41) is 2.93. The van der Waals surface area contributed by atoms with Crippen molar-refractivity contribution in [2.75, 3.05) is 11.6 Å². The standard InChI is InChI=1S/C14H20N2O3S/c1-9-5-6-11(19-9)13(18)16-8-20-7-10(16)12(17)15-14(2,3)4/h5-6,10H,7-8H2,1-4H3,(H,15,17)/t10-/m0/s1. The third-order valence-electron chi connectivity index (χ3n) is 2.90. The molecule has 0 radical (unpaired) electrons. The highest BCUT2D eigenvalue weighted by Crippen LogP contribution is 2.24. The van der Waals surface area contributed by atoms with Gasteiger partial charge in [0.2, 0.25) is 5.91 Å². The van der Waals surface area contributed by atoms with Crippen molar-refractivity contribution in [1.82, 2.24) is 10.2 Å². The van der Waals surface area contributed by atoms with Crippen LogP contribution >= 0.6 is 11.8 Å². The number of aryl methyl sites for hydroxylation is 1. The highest BCUT2D eigenvalue weighted by molar-refractivity contribution is 7.99. The van der Waals surface area contributed by atoms with Crippen LogP contribution in [0, 0.1) is 6.92 Å². The Balaban J connectivity index is 2.11. The second-order valence-corrected chi connectivity index (χ2v) is 6.94. The minimum absolute atomic E-state index is 0.112. The Morgan fingerprint density at radius 1 is 1.40 bits per heavy atom. The fraction of sp³-hybridized carbons (Fsp3) is 0.571. The van der Waals surface area contributed by atoms with Gasteiger partial charge in [-0.2, -0.15) is 0 Å². The van der Waals surface area contributed by atoms with Crippen LogP contribution in [0.1, 0.15) is 37.1 Å². The highest BCUT2D eigenvalue weighted by Gasteiger charge is 2.37. The second kappa shape index (κ2) is 5.52. The van der Waals surface area contributed by atoms with Gasteiger partial charge in [0.15, 0.2) is 5.76 Å². The topological polar surface area (TPSA) is 62.6 Å². The van der Waals surface area contributed by atoms with Gasteiger partial charge in [0.1, 0.15) is 11.8 Å². The first-order valence-corrected chi connectivity index (χ1v) is 7.70. The normalized spacial score (nSPS) is 19.2. The van der Waals surface area contributed by atoms with Crippen molar-refractivity contribution in [2.45, 2.75) is 39.3 Å². The summed E-state index contributed by atoms with van der Waals surface area (Å²) in [4.78, 5) is 26.2. The van der Waals surface area contributed by atoms with Crippen molar-refractivity contribution in [3.05, 3.63) is 23.7 Å². The number of rotatable bonds is 2. The van der Waals surface area contributed by atoms with Crippen molar-refractivity contribution >= 4 is 23.6 Å². The number of hydrogen-bond acceptors (Lipinski definition) is 4. The minimum atomic E-state index is -0.433. The monoisotopic (exact) mass is 296 g/mol. The third kappa shape index (κ3) is 3.36. The van der Waals surface area contributed by atoms with Gasteiger partial charge >= 0.3 is 0 Å². The first kappa shape index (κ1) is 15.0. The molecule has 1 N–H and O–H groups in total. The van der Waals surface area contributed by atoms with Gasteiger partial charge in [-0.15, -0.1) is 11.8 Å². The van der Waals surface area contributed by atoms with Crippen LogP contribution < -0.4 is 5.32 Å². The van der Waals surface area contributed by atoms with Crippen molar-refractivity contribution < 1.29 is 14.0 Å².